The van der Waals surface area contributed by atoms with Gasteiger partial charge in [-0.25, -0.2) is 4.79 Å². The summed E-state index contributed by atoms with van der Waals surface area (Å²) in [6, 6.07) is 1.61. The Bertz CT molecular complexity index is 352. The molecule has 1 heterocycles. The van der Waals surface area contributed by atoms with E-state index in [1.54, 1.807) is 23.9 Å². The minimum Gasteiger partial charge on any atom is -0.464 e. The Hall–Kier alpha value is -1.58. The fourth-order valence-electron chi connectivity index (χ4n) is 1.16. The Labute approximate surface area is 76.1 Å². The van der Waals surface area contributed by atoms with Crippen LogP contribution in [0.2, 0.25) is 0 Å². The lowest BCUT2D eigenvalue weighted by molar-refractivity contribution is 0.0586. The normalized spacial score (nSPS) is 9.77. The van der Waals surface area contributed by atoms with Gasteiger partial charge >= 0.3 is 5.97 Å². The first kappa shape index (κ1) is 9.51. The van der Waals surface area contributed by atoms with E-state index < -0.39 is 5.97 Å². The van der Waals surface area contributed by atoms with Crippen molar-refractivity contribution >= 4 is 11.8 Å². The van der Waals surface area contributed by atoms with Gasteiger partial charge < -0.3 is 9.30 Å². The number of hydrogen-bond acceptors (Lipinski definition) is 3. The van der Waals surface area contributed by atoms with Gasteiger partial charge in [0.05, 0.1) is 7.11 Å². The maximum Gasteiger partial charge on any atom is 0.355 e. The van der Waals surface area contributed by atoms with Gasteiger partial charge in [0.1, 0.15) is 5.69 Å². The zero-order valence-electron chi connectivity index (χ0n) is 7.83. The van der Waals surface area contributed by atoms with E-state index in [9.17, 15) is 9.59 Å². The zero-order chi connectivity index (χ0) is 10.0. The van der Waals surface area contributed by atoms with Crippen LogP contribution in [0.5, 0.6) is 0 Å². The number of esters is 1. The van der Waals surface area contributed by atoms with E-state index in [-0.39, 0.29) is 5.78 Å². The van der Waals surface area contributed by atoms with Crippen molar-refractivity contribution in [2.24, 2.45) is 7.05 Å². The zero-order valence-corrected chi connectivity index (χ0v) is 7.83. The van der Waals surface area contributed by atoms with Gasteiger partial charge in [-0.3, -0.25) is 4.79 Å². The molecule has 4 heteroatoms. The molecular formula is C9H11NO3. The van der Waals surface area contributed by atoms with Crippen LogP contribution in [-0.4, -0.2) is 23.4 Å². The maximum atomic E-state index is 11.2. The van der Waals surface area contributed by atoms with E-state index >= 15 is 0 Å². The highest BCUT2D eigenvalue weighted by atomic mass is 16.5. The number of aryl methyl sites for hydroxylation is 1. The second kappa shape index (κ2) is 3.43. The molecule has 0 N–H and O–H groups in total. The van der Waals surface area contributed by atoms with Gasteiger partial charge in [0.15, 0.2) is 5.78 Å². The summed E-state index contributed by atoms with van der Waals surface area (Å²) in [7, 11) is 2.98. The molecule has 0 aliphatic rings. The summed E-state index contributed by atoms with van der Waals surface area (Å²) < 4.78 is 6.13. The Morgan fingerprint density at radius 3 is 2.54 bits per heavy atom. The van der Waals surface area contributed by atoms with Gasteiger partial charge in [-0.2, -0.15) is 0 Å². The summed E-state index contributed by atoms with van der Waals surface area (Å²) in [6.07, 6.45) is 1.66. The molecule has 0 fully saturated rings. The molecular weight excluding hydrogens is 170 g/mol. The van der Waals surface area contributed by atoms with E-state index in [0.29, 0.717) is 11.3 Å². The highest BCUT2D eigenvalue weighted by Gasteiger charge is 2.18. The number of ether oxygens (including phenoxy) is 1. The number of carbonyl (C=O) groups excluding carboxylic acids is 2. The van der Waals surface area contributed by atoms with Gasteiger partial charge in [-0.05, 0) is 13.0 Å². The number of nitrogens with zero attached hydrogens (tertiary/aromatic N) is 1. The summed E-state index contributed by atoms with van der Waals surface area (Å²) in [6.45, 7) is 1.42. The van der Waals surface area contributed by atoms with Crippen molar-refractivity contribution in [3.8, 4) is 0 Å². The van der Waals surface area contributed by atoms with Crippen molar-refractivity contribution in [1.29, 1.82) is 0 Å². The minimum absolute atomic E-state index is 0.138. The molecule has 70 valence electrons. The molecule has 0 saturated heterocycles. The van der Waals surface area contributed by atoms with Crippen molar-refractivity contribution in [3.63, 3.8) is 0 Å². The van der Waals surface area contributed by atoms with E-state index in [2.05, 4.69) is 4.74 Å². The largest absolute Gasteiger partial charge is 0.464 e. The van der Waals surface area contributed by atoms with Crippen LogP contribution < -0.4 is 0 Å². The quantitative estimate of drug-likeness (QED) is 0.505. The molecule has 0 spiro atoms. The highest BCUT2D eigenvalue weighted by Crippen LogP contribution is 2.11. The van der Waals surface area contributed by atoms with Crippen LogP contribution in [0, 0.1) is 0 Å². The van der Waals surface area contributed by atoms with Crippen LogP contribution in [-0.2, 0) is 11.8 Å². The third kappa shape index (κ3) is 1.61. The first-order valence-corrected chi connectivity index (χ1v) is 3.82. The molecule has 0 aliphatic heterocycles. The van der Waals surface area contributed by atoms with Crippen LogP contribution in [0.25, 0.3) is 0 Å². The third-order valence-electron chi connectivity index (χ3n) is 1.83. The second-order valence-corrected chi connectivity index (χ2v) is 2.74. The van der Waals surface area contributed by atoms with E-state index in [4.69, 9.17) is 0 Å². The number of carbonyl (C=O) groups is 2. The van der Waals surface area contributed by atoms with Crippen LogP contribution >= 0.6 is 0 Å². The lowest BCUT2D eigenvalue weighted by Gasteiger charge is -2.02. The van der Waals surface area contributed by atoms with Crippen molar-refractivity contribution < 1.29 is 14.3 Å². The molecule has 13 heavy (non-hydrogen) atoms. The van der Waals surface area contributed by atoms with E-state index in [1.165, 1.54) is 14.0 Å². The number of methoxy groups -OCH3 is 1. The van der Waals surface area contributed by atoms with Crippen molar-refractivity contribution in [1.82, 2.24) is 4.57 Å². The molecule has 0 saturated carbocycles. The van der Waals surface area contributed by atoms with Crippen molar-refractivity contribution in [2.75, 3.05) is 7.11 Å². The van der Waals surface area contributed by atoms with Gasteiger partial charge in [0, 0.05) is 18.8 Å². The topological polar surface area (TPSA) is 48.3 Å². The molecule has 4 nitrogen and oxygen atoms in total. The molecule has 0 radical (unpaired) electrons. The lowest BCUT2D eigenvalue weighted by atomic mass is 10.2. The standard InChI is InChI=1S/C9H11NO3/c1-6(11)7-4-5-10(2)8(7)9(12)13-3/h4-5H,1-3H3. The number of hydrogen-bond donors (Lipinski definition) is 0. The van der Waals surface area contributed by atoms with Gasteiger partial charge in [-0.1, -0.05) is 0 Å². The Morgan fingerprint density at radius 1 is 1.46 bits per heavy atom. The monoisotopic (exact) mass is 181 g/mol. The molecule has 1 aromatic heterocycles. The number of Topliss-reactive ketones (excluding diaryl/α,β-unsaturated/α-hetero) is 1. The molecule has 0 amide bonds. The molecule has 1 rings (SSSR count). The molecule has 0 aromatic carbocycles. The SMILES string of the molecule is COC(=O)c1c(C(C)=O)ccn1C. The molecule has 0 unspecified atom stereocenters. The fraction of sp³-hybridized carbons (Fsp3) is 0.333. The second-order valence-electron chi connectivity index (χ2n) is 2.74. The first-order valence-electron chi connectivity index (χ1n) is 3.82. The van der Waals surface area contributed by atoms with Crippen LogP contribution in [0.4, 0.5) is 0 Å². The van der Waals surface area contributed by atoms with Crippen molar-refractivity contribution in [3.05, 3.63) is 23.5 Å². The number of ketones is 1. The summed E-state index contributed by atoms with van der Waals surface area (Å²) in [4.78, 5) is 22.3. The average molecular weight is 181 g/mol. The smallest absolute Gasteiger partial charge is 0.355 e. The van der Waals surface area contributed by atoms with Crippen LogP contribution in [0.15, 0.2) is 12.3 Å². The van der Waals surface area contributed by atoms with Crippen LogP contribution in [0.1, 0.15) is 27.8 Å². The fourth-order valence-corrected chi connectivity index (χ4v) is 1.16. The van der Waals surface area contributed by atoms with E-state index in [0.717, 1.165) is 0 Å². The molecule has 0 aliphatic carbocycles. The summed E-state index contributed by atoms with van der Waals surface area (Å²) in [5.41, 5.74) is 0.698. The van der Waals surface area contributed by atoms with Crippen LogP contribution in [0.3, 0.4) is 0 Å². The number of aromatic nitrogens is 1. The minimum atomic E-state index is -0.488. The van der Waals surface area contributed by atoms with Crippen molar-refractivity contribution in [2.45, 2.75) is 6.92 Å². The Morgan fingerprint density at radius 2 is 2.08 bits per heavy atom. The summed E-state index contributed by atoms with van der Waals surface area (Å²) in [5.74, 6) is -0.626. The van der Waals surface area contributed by atoms with E-state index in [1.807, 2.05) is 0 Å². The Balaban J connectivity index is 3.24. The maximum absolute atomic E-state index is 11.2. The lowest BCUT2D eigenvalue weighted by Crippen LogP contribution is -2.11. The van der Waals surface area contributed by atoms with Gasteiger partial charge in [0.2, 0.25) is 0 Å². The predicted molar refractivity (Wildman–Crippen MR) is 46.8 cm³/mol. The van der Waals surface area contributed by atoms with Gasteiger partial charge in [0.25, 0.3) is 0 Å². The predicted octanol–water partition coefficient (Wildman–Crippen LogP) is 1.01. The summed E-state index contributed by atoms with van der Waals surface area (Å²) in [5, 5.41) is 0. The average Bonchev–Trinajstić information content (AvgIpc) is 2.46. The highest BCUT2D eigenvalue weighted by molar-refractivity contribution is 6.04. The molecule has 1 aromatic rings. The summed E-state index contributed by atoms with van der Waals surface area (Å²) >= 11 is 0. The molecule has 0 atom stereocenters. The first-order chi connectivity index (χ1) is 6.07. The number of rotatable bonds is 2. The Kier molecular flexibility index (Phi) is 2.51. The third-order valence-corrected chi connectivity index (χ3v) is 1.83. The van der Waals surface area contributed by atoms with Gasteiger partial charge in [-0.15, -0.1) is 0 Å². The molecule has 0 bridgehead atoms.